The summed E-state index contributed by atoms with van der Waals surface area (Å²) in [6.45, 7) is -0.241. The molecule has 0 saturated carbocycles. The number of benzene rings is 3. The summed E-state index contributed by atoms with van der Waals surface area (Å²) < 4.78 is 24.6. The van der Waals surface area contributed by atoms with Crippen LogP contribution in [0.15, 0.2) is 78.4 Å². The Labute approximate surface area is 190 Å². The summed E-state index contributed by atoms with van der Waals surface area (Å²) in [7, 11) is 1.43. The van der Waals surface area contributed by atoms with Gasteiger partial charge in [-0.25, -0.2) is 4.39 Å². The lowest BCUT2D eigenvalue weighted by Crippen LogP contribution is -2.20. The highest BCUT2D eigenvalue weighted by Crippen LogP contribution is 2.29. The Bertz CT molecular complexity index is 1220. The van der Waals surface area contributed by atoms with Crippen LogP contribution in [0.2, 0.25) is 0 Å². The number of rotatable bonds is 8. The molecule has 0 radical (unpaired) electrons. The van der Waals surface area contributed by atoms with Crippen molar-refractivity contribution >= 4 is 29.3 Å². The van der Waals surface area contributed by atoms with Crippen molar-refractivity contribution in [1.29, 1.82) is 5.26 Å². The summed E-state index contributed by atoms with van der Waals surface area (Å²) in [4.78, 5) is 24.5. The van der Waals surface area contributed by atoms with Crippen LogP contribution in [0.1, 0.15) is 5.56 Å². The number of hydrogen-bond donors (Lipinski definition) is 2. The predicted molar refractivity (Wildman–Crippen MR) is 122 cm³/mol. The van der Waals surface area contributed by atoms with E-state index in [1.54, 1.807) is 48.5 Å². The SMILES string of the molecule is COc1cc(/C=C(\C#N)C(=O)Nc2ccccc2F)ccc1OCC(=O)Nc1ccccc1. The van der Waals surface area contributed by atoms with E-state index in [9.17, 15) is 19.2 Å². The van der Waals surface area contributed by atoms with Gasteiger partial charge in [0.05, 0.1) is 12.8 Å². The second kappa shape index (κ2) is 11.1. The molecule has 33 heavy (non-hydrogen) atoms. The van der Waals surface area contributed by atoms with Crippen molar-refractivity contribution in [2.75, 3.05) is 24.4 Å². The Morgan fingerprint density at radius 2 is 1.73 bits per heavy atom. The number of nitriles is 1. The molecule has 2 amide bonds. The van der Waals surface area contributed by atoms with Crippen LogP contribution in [0, 0.1) is 17.1 Å². The minimum absolute atomic E-state index is 0.0289. The van der Waals surface area contributed by atoms with Crippen LogP contribution >= 0.6 is 0 Å². The molecule has 0 unspecified atom stereocenters. The Balaban J connectivity index is 1.69. The van der Waals surface area contributed by atoms with Gasteiger partial charge in [-0.2, -0.15) is 5.26 Å². The smallest absolute Gasteiger partial charge is 0.266 e. The number of nitrogens with one attached hydrogen (secondary N) is 2. The molecular weight excluding hydrogens is 425 g/mol. The molecule has 0 saturated heterocycles. The molecule has 3 aromatic rings. The zero-order valence-corrected chi connectivity index (χ0v) is 17.7. The molecule has 0 aromatic heterocycles. The van der Waals surface area contributed by atoms with Crippen LogP contribution in [0.4, 0.5) is 15.8 Å². The highest BCUT2D eigenvalue weighted by molar-refractivity contribution is 6.09. The molecule has 3 rings (SSSR count). The third kappa shape index (κ3) is 6.42. The van der Waals surface area contributed by atoms with Gasteiger partial charge in [-0.05, 0) is 48.0 Å². The van der Waals surface area contributed by atoms with Gasteiger partial charge in [-0.3, -0.25) is 9.59 Å². The topological polar surface area (TPSA) is 100 Å². The first-order valence-corrected chi connectivity index (χ1v) is 9.83. The van der Waals surface area contributed by atoms with Crippen LogP contribution in [0.25, 0.3) is 6.08 Å². The van der Waals surface area contributed by atoms with E-state index >= 15 is 0 Å². The van der Waals surface area contributed by atoms with Crippen molar-refractivity contribution in [1.82, 2.24) is 0 Å². The fourth-order valence-corrected chi connectivity index (χ4v) is 2.82. The molecule has 7 nitrogen and oxygen atoms in total. The molecule has 0 aliphatic carbocycles. The number of amides is 2. The quantitative estimate of drug-likeness (QED) is 0.395. The maximum absolute atomic E-state index is 13.8. The van der Waals surface area contributed by atoms with E-state index in [0.29, 0.717) is 22.7 Å². The van der Waals surface area contributed by atoms with Crippen LogP contribution in [-0.4, -0.2) is 25.5 Å². The fraction of sp³-hybridized carbons (Fsp3) is 0.0800. The predicted octanol–water partition coefficient (Wildman–Crippen LogP) is 4.40. The summed E-state index contributed by atoms with van der Waals surface area (Å²) in [5.41, 5.74) is 0.874. The summed E-state index contributed by atoms with van der Waals surface area (Å²) in [5, 5.41) is 14.5. The maximum atomic E-state index is 13.8. The van der Waals surface area contributed by atoms with Crippen LogP contribution < -0.4 is 20.1 Å². The second-order valence-electron chi connectivity index (χ2n) is 6.72. The number of anilines is 2. The third-order valence-corrected chi connectivity index (χ3v) is 4.40. The van der Waals surface area contributed by atoms with Crippen molar-refractivity contribution in [3.05, 3.63) is 89.8 Å². The number of ether oxygens (including phenoxy) is 2. The molecule has 8 heteroatoms. The van der Waals surface area contributed by atoms with E-state index in [2.05, 4.69) is 10.6 Å². The van der Waals surface area contributed by atoms with Gasteiger partial charge < -0.3 is 20.1 Å². The first-order valence-electron chi connectivity index (χ1n) is 9.83. The summed E-state index contributed by atoms with van der Waals surface area (Å²) >= 11 is 0. The summed E-state index contributed by atoms with van der Waals surface area (Å²) in [5.74, 6) is -1.08. The Hall–Kier alpha value is -4.64. The maximum Gasteiger partial charge on any atom is 0.266 e. The normalized spacial score (nSPS) is 10.6. The first-order chi connectivity index (χ1) is 16.0. The lowest BCUT2D eigenvalue weighted by Gasteiger charge is -2.12. The standard InChI is InChI=1S/C25H20FN3O4/c1-32-23-14-17(13-18(15-27)25(31)29-21-10-6-5-9-20(21)26)11-12-22(23)33-16-24(30)28-19-7-3-2-4-8-19/h2-14H,16H2,1H3,(H,28,30)(H,29,31)/b18-13+. The lowest BCUT2D eigenvalue weighted by atomic mass is 10.1. The summed E-state index contributed by atoms with van der Waals surface area (Å²) in [6.07, 6.45) is 1.34. The molecule has 2 N–H and O–H groups in total. The zero-order chi connectivity index (χ0) is 23.6. The number of methoxy groups -OCH3 is 1. The van der Waals surface area contributed by atoms with Gasteiger partial charge in [-0.15, -0.1) is 0 Å². The molecule has 3 aromatic carbocycles. The third-order valence-electron chi connectivity index (χ3n) is 4.40. The summed E-state index contributed by atoms with van der Waals surface area (Å²) in [6, 6.07) is 21.1. The van der Waals surface area contributed by atoms with E-state index in [4.69, 9.17) is 9.47 Å². The van der Waals surface area contributed by atoms with E-state index < -0.39 is 11.7 Å². The van der Waals surface area contributed by atoms with Crippen molar-refractivity contribution in [3.63, 3.8) is 0 Å². The monoisotopic (exact) mass is 445 g/mol. The minimum atomic E-state index is -0.750. The Morgan fingerprint density at radius 3 is 2.42 bits per heavy atom. The number of carbonyl (C=O) groups excluding carboxylic acids is 2. The Morgan fingerprint density at radius 1 is 1.00 bits per heavy atom. The van der Waals surface area contributed by atoms with Gasteiger partial charge in [0.2, 0.25) is 0 Å². The van der Waals surface area contributed by atoms with E-state index in [1.165, 1.54) is 31.4 Å². The van der Waals surface area contributed by atoms with Gasteiger partial charge in [0.25, 0.3) is 11.8 Å². The van der Waals surface area contributed by atoms with Gasteiger partial charge >= 0.3 is 0 Å². The molecular formula is C25H20FN3O4. The molecule has 0 atom stereocenters. The largest absolute Gasteiger partial charge is 0.493 e. The molecule has 0 heterocycles. The Kier molecular flexibility index (Phi) is 7.76. The van der Waals surface area contributed by atoms with Crippen molar-refractivity contribution < 1.29 is 23.5 Å². The van der Waals surface area contributed by atoms with Crippen LogP contribution in [0.5, 0.6) is 11.5 Å². The number of hydrogen-bond acceptors (Lipinski definition) is 5. The zero-order valence-electron chi connectivity index (χ0n) is 17.7. The molecule has 0 aliphatic heterocycles. The van der Waals surface area contributed by atoms with Crippen molar-refractivity contribution in [2.45, 2.75) is 0 Å². The van der Waals surface area contributed by atoms with E-state index in [1.807, 2.05) is 12.1 Å². The molecule has 0 spiro atoms. The lowest BCUT2D eigenvalue weighted by molar-refractivity contribution is -0.118. The molecule has 0 aliphatic rings. The number of halogens is 1. The van der Waals surface area contributed by atoms with Crippen molar-refractivity contribution in [3.8, 4) is 17.6 Å². The highest BCUT2D eigenvalue weighted by Gasteiger charge is 2.13. The molecule has 0 bridgehead atoms. The number of carbonyl (C=O) groups is 2. The second-order valence-corrected chi connectivity index (χ2v) is 6.72. The number of nitrogens with zero attached hydrogens (tertiary/aromatic N) is 1. The van der Waals surface area contributed by atoms with Gasteiger partial charge in [0.15, 0.2) is 18.1 Å². The van der Waals surface area contributed by atoms with Gasteiger partial charge in [0.1, 0.15) is 17.5 Å². The first kappa shape index (κ1) is 23.0. The average Bonchev–Trinajstić information content (AvgIpc) is 2.83. The van der Waals surface area contributed by atoms with E-state index in [-0.39, 0.29) is 23.8 Å². The average molecular weight is 445 g/mol. The van der Waals surface area contributed by atoms with Gasteiger partial charge in [0, 0.05) is 5.69 Å². The van der Waals surface area contributed by atoms with E-state index in [0.717, 1.165) is 0 Å². The fourth-order valence-electron chi connectivity index (χ4n) is 2.82. The number of para-hydroxylation sites is 2. The highest BCUT2D eigenvalue weighted by atomic mass is 19.1. The molecule has 166 valence electrons. The molecule has 0 fully saturated rings. The van der Waals surface area contributed by atoms with Crippen molar-refractivity contribution in [2.24, 2.45) is 0 Å². The van der Waals surface area contributed by atoms with Crippen LogP contribution in [0.3, 0.4) is 0 Å². The minimum Gasteiger partial charge on any atom is -0.493 e. The van der Waals surface area contributed by atoms with Crippen LogP contribution in [-0.2, 0) is 9.59 Å². The van der Waals surface area contributed by atoms with Gasteiger partial charge in [-0.1, -0.05) is 36.4 Å².